The van der Waals surface area contributed by atoms with Crippen LogP contribution in [0.3, 0.4) is 0 Å². The van der Waals surface area contributed by atoms with E-state index in [4.69, 9.17) is 0 Å². The van der Waals surface area contributed by atoms with Gasteiger partial charge in [0.1, 0.15) is 0 Å². The molecular formula is C16H16N4O. The summed E-state index contributed by atoms with van der Waals surface area (Å²) in [5.74, 6) is 0.0197. The molecule has 0 unspecified atom stereocenters. The molecule has 5 nitrogen and oxygen atoms in total. The predicted octanol–water partition coefficient (Wildman–Crippen LogP) is 2.97. The lowest BCUT2D eigenvalue weighted by Gasteiger charge is -2.08. The number of carbonyl (C=O) groups is 1. The Balaban J connectivity index is 2.24. The molecule has 0 saturated heterocycles. The minimum absolute atomic E-state index is 0.0197. The third-order valence-electron chi connectivity index (χ3n) is 3.52. The summed E-state index contributed by atoms with van der Waals surface area (Å²) in [5, 5.41) is 9.30. The minimum atomic E-state index is 0.0197. The van der Waals surface area contributed by atoms with E-state index < -0.39 is 0 Å². The van der Waals surface area contributed by atoms with Crippen molar-refractivity contribution >= 4 is 16.7 Å². The van der Waals surface area contributed by atoms with E-state index in [1.54, 1.807) is 10.9 Å². The van der Waals surface area contributed by atoms with Gasteiger partial charge in [0.05, 0.1) is 16.9 Å². The molecule has 106 valence electrons. The van der Waals surface area contributed by atoms with Crippen LogP contribution in [0.15, 0.2) is 36.5 Å². The number of ketones is 1. The van der Waals surface area contributed by atoms with Gasteiger partial charge in [-0.15, -0.1) is 5.10 Å². The number of pyridine rings is 1. The molecule has 21 heavy (non-hydrogen) atoms. The fourth-order valence-corrected chi connectivity index (χ4v) is 2.46. The summed E-state index contributed by atoms with van der Waals surface area (Å²) in [4.78, 5) is 16.4. The highest BCUT2D eigenvalue weighted by molar-refractivity contribution is 5.95. The molecule has 3 aromatic rings. The Morgan fingerprint density at radius 1 is 1.19 bits per heavy atom. The second-order valence-electron chi connectivity index (χ2n) is 4.78. The highest BCUT2D eigenvalue weighted by Gasteiger charge is 2.19. The molecule has 0 bridgehead atoms. The van der Waals surface area contributed by atoms with Crippen molar-refractivity contribution in [1.82, 2.24) is 20.0 Å². The summed E-state index contributed by atoms with van der Waals surface area (Å²) in [6, 6.07) is 9.82. The van der Waals surface area contributed by atoms with E-state index in [1.165, 1.54) is 0 Å². The van der Waals surface area contributed by atoms with Crippen LogP contribution in [-0.4, -0.2) is 25.8 Å². The van der Waals surface area contributed by atoms with Gasteiger partial charge in [0.15, 0.2) is 11.5 Å². The Morgan fingerprint density at radius 2 is 2.00 bits per heavy atom. The third-order valence-corrected chi connectivity index (χ3v) is 3.52. The molecule has 0 radical (unpaired) electrons. The summed E-state index contributed by atoms with van der Waals surface area (Å²) < 4.78 is 1.73. The number of para-hydroxylation sites is 1. The average molecular weight is 280 g/mol. The fraction of sp³-hybridized carbons (Fsp3) is 0.250. The molecule has 0 amide bonds. The van der Waals surface area contributed by atoms with Gasteiger partial charge in [0.25, 0.3) is 0 Å². The van der Waals surface area contributed by atoms with Gasteiger partial charge in [-0.1, -0.05) is 37.3 Å². The molecule has 0 aliphatic rings. The summed E-state index contributed by atoms with van der Waals surface area (Å²) in [5.41, 5.74) is 3.01. The molecule has 5 heteroatoms. The summed E-state index contributed by atoms with van der Waals surface area (Å²) in [6.07, 6.45) is 2.88. The van der Waals surface area contributed by atoms with Gasteiger partial charge >= 0.3 is 0 Å². The lowest BCUT2D eigenvalue weighted by atomic mass is 10.1. The van der Waals surface area contributed by atoms with Crippen molar-refractivity contribution < 1.29 is 4.79 Å². The van der Waals surface area contributed by atoms with Crippen molar-refractivity contribution in [2.45, 2.75) is 26.7 Å². The molecule has 0 aliphatic carbocycles. The van der Waals surface area contributed by atoms with Crippen LogP contribution in [0, 0.1) is 0 Å². The maximum absolute atomic E-state index is 12.0. The number of nitrogens with zero attached hydrogens (tertiary/aromatic N) is 4. The Labute approximate surface area is 122 Å². The molecule has 3 rings (SSSR count). The lowest BCUT2D eigenvalue weighted by Crippen LogP contribution is -2.06. The van der Waals surface area contributed by atoms with Gasteiger partial charge in [-0.2, -0.15) is 0 Å². The molecule has 2 heterocycles. The van der Waals surface area contributed by atoms with Crippen molar-refractivity contribution in [3.05, 3.63) is 47.9 Å². The van der Waals surface area contributed by atoms with Crippen LogP contribution in [0.2, 0.25) is 0 Å². The van der Waals surface area contributed by atoms with E-state index in [-0.39, 0.29) is 5.78 Å². The van der Waals surface area contributed by atoms with Gasteiger partial charge in [0.2, 0.25) is 0 Å². The third kappa shape index (κ3) is 2.20. The highest BCUT2D eigenvalue weighted by Crippen LogP contribution is 2.22. The van der Waals surface area contributed by atoms with Gasteiger partial charge in [0, 0.05) is 18.0 Å². The predicted molar refractivity (Wildman–Crippen MR) is 80.7 cm³/mol. The van der Waals surface area contributed by atoms with E-state index in [9.17, 15) is 4.79 Å². The van der Waals surface area contributed by atoms with Crippen LogP contribution in [-0.2, 0) is 6.42 Å². The van der Waals surface area contributed by atoms with Crippen molar-refractivity contribution in [3.8, 4) is 5.69 Å². The average Bonchev–Trinajstić information content (AvgIpc) is 2.97. The largest absolute Gasteiger partial charge is 0.292 e. The zero-order valence-electron chi connectivity index (χ0n) is 12.1. The Kier molecular flexibility index (Phi) is 3.48. The van der Waals surface area contributed by atoms with E-state index in [0.29, 0.717) is 18.5 Å². The monoisotopic (exact) mass is 280 g/mol. The van der Waals surface area contributed by atoms with Crippen molar-refractivity contribution in [1.29, 1.82) is 0 Å². The van der Waals surface area contributed by atoms with Gasteiger partial charge in [-0.05, 0) is 18.6 Å². The van der Waals surface area contributed by atoms with Gasteiger partial charge in [-0.25, -0.2) is 4.68 Å². The smallest absolute Gasteiger partial charge is 0.184 e. The van der Waals surface area contributed by atoms with Crippen LogP contribution in [0.5, 0.6) is 0 Å². The Morgan fingerprint density at radius 3 is 2.76 bits per heavy atom. The molecule has 2 aromatic heterocycles. The number of Topliss-reactive ketones (excluding diaryl/α,β-unsaturated/α-hetero) is 1. The van der Waals surface area contributed by atoms with E-state index in [0.717, 1.165) is 22.3 Å². The first-order valence-corrected chi connectivity index (χ1v) is 7.08. The summed E-state index contributed by atoms with van der Waals surface area (Å²) >= 11 is 0. The molecular weight excluding hydrogens is 264 g/mol. The van der Waals surface area contributed by atoms with Gasteiger partial charge in [-0.3, -0.25) is 9.78 Å². The van der Waals surface area contributed by atoms with Crippen LogP contribution in [0.1, 0.15) is 36.5 Å². The summed E-state index contributed by atoms with van der Waals surface area (Å²) in [7, 11) is 0. The van der Waals surface area contributed by atoms with Crippen LogP contribution in [0.25, 0.3) is 16.6 Å². The highest BCUT2D eigenvalue weighted by atomic mass is 16.1. The minimum Gasteiger partial charge on any atom is -0.292 e. The first-order valence-electron chi connectivity index (χ1n) is 7.08. The zero-order valence-corrected chi connectivity index (χ0v) is 12.1. The molecule has 0 spiro atoms. The number of hydrogen-bond acceptors (Lipinski definition) is 4. The first kappa shape index (κ1) is 13.4. The van der Waals surface area contributed by atoms with Crippen LogP contribution < -0.4 is 0 Å². The second-order valence-corrected chi connectivity index (χ2v) is 4.78. The Hall–Kier alpha value is -2.56. The molecule has 1 aromatic carbocycles. The SMILES string of the molecule is CCC(=O)c1nnn(-c2cccc3cccnc23)c1CC. The number of hydrogen-bond donors (Lipinski definition) is 0. The zero-order chi connectivity index (χ0) is 14.8. The van der Waals surface area contributed by atoms with Crippen molar-refractivity contribution in [2.75, 3.05) is 0 Å². The van der Waals surface area contributed by atoms with Crippen molar-refractivity contribution in [2.24, 2.45) is 0 Å². The number of benzene rings is 1. The number of carbonyl (C=O) groups excluding carboxylic acids is 1. The standard InChI is InChI=1S/C16H16N4O/c1-3-12-16(14(21)4-2)18-19-20(12)13-9-5-7-11-8-6-10-17-15(11)13/h5-10H,3-4H2,1-2H3. The number of fused-ring (bicyclic) bond motifs is 1. The Bertz CT molecular complexity index is 802. The maximum atomic E-state index is 12.0. The number of rotatable bonds is 4. The quantitative estimate of drug-likeness (QED) is 0.689. The molecule has 0 atom stereocenters. The molecule has 0 N–H and O–H groups in total. The maximum Gasteiger partial charge on any atom is 0.184 e. The lowest BCUT2D eigenvalue weighted by molar-refractivity contribution is 0.0982. The van der Waals surface area contributed by atoms with E-state index in [2.05, 4.69) is 15.3 Å². The van der Waals surface area contributed by atoms with Gasteiger partial charge < -0.3 is 0 Å². The van der Waals surface area contributed by atoms with E-state index in [1.807, 2.05) is 44.2 Å². The number of aromatic nitrogens is 4. The van der Waals surface area contributed by atoms with Crippen molar-refractivity contribution in [3.63, 3.8) is 0 Å². The summed E-state index contributed by atoms with van der Waals surface area (Å²) in [6.45, 7) is 3.83. The molecule has 0 saturated carbocycles. The molecule has 0 fully saturated rings. The fourth-order valence-electron chi connectivity index (χ4n) is 2.46. The van der Waals surface area contributed by atoms with Crippen LogP contribution >= 0.6 is 0 Å². The van der Waals surface area contributed by atoms with E-state index >= 15 is 0 Å². The normalized spacial score (nSPS) is 11.0. The molecule has 0 aliphatic heterocycles. The second kappa shape index (κ2) is 5.44. The van der Waals surface area contributed by atoms with Crippen LogP contribution in [0.4, 0.5) is 0 Å². The first-order chi connectivity index (χ1) is 10.3. The topological polar surface area (TPSA) is 60.7 Å².